The molecule has 0 spiro atoms. The van der Waals surface area contributed by atoms with E-state index in [1.807, 2.05) is 0 Å². The van der Waals surface area contributed by atoms with Gasteiger partial charge >= 0.3 is 17.9 Å². The molecule has 0 bridgehead atoms. The molecule has 0 aliphatic heterocycles. The molecule has 0 unspecified atom stereocenters. The number of ether oxygens (including phenoxy) is 3. The van der Waals surface area contributed by atoms with Gasteiger partial charge in [-0.25, -0.2) is 9.59 Å². The van der Waals surface area contributed by atoms with E-state index < -0.39 is 24.5 Å². The molecule has 6 nitrogen and oxygen atoms in total. The quantitative estimate of drug-likeness (QED) is 0.263. The van der Waals surface area contributed by atoms with Crippen LogP contribution in [-0.4, -0.2) is 38.2 Å². The predicted molar refractivity (Wildman–Crippen MR) is 71.8 cm³/mol. The average Bonchev–Trinajstić information content (AvgIpc) is 2.43. The van der Waals surface area contributed by atoms with Gasteiger partial charge in [0.25, 0.3) is 0 Å². The molecule has 0 radical (unpaired) electrons. The minimum Gasteiger partial charge on any atom is -0.466 e. The van der Waals surface area contributed by atoms with Crippen LogP contribution < -0.4 is 0 Å². The van der Waals surface area contributed by atoms with Crippen LogP contribution in [0.2, 0.25) is 0 Å². The zero-order chi connectivity index (χ0) is 15.4. The first-order valence-electron chi connectivity index (χ1n) is 6.58. The number of esters is 3. The van der Waals surface area contributed by atoms with E-state index in [1.54, 1.807) is 0 Å². The summed E-state index contributed by atoms with van der Waals surface area (Å²) in [5, 5.41) is 0. The summed E-state index contributed by atoms with van der Waals surface area (Å²) in [6, 6.07) is 0. The van der Waals surface area contributed by atoms with Crippen molar-refractivity contribution in [2.75, 3.05) is 20.3 Å². The minimum absolute atomic E-state index is 0.0227. The lowest BCUT2D eigenvalue weighted by Gasteiger charge is -2.06. The van der Waals surface area contributed by atoms with Crippen molar-refractivity contribution < 1.29 is 28.6 Å². The first-order valence-corrected chi connectivity index (χ1v) is 6.58. The third-order valence-electron chi connectivity index (χ3n) is 2.44. The van der Waals surface area contributed by atoms with E-state index in [4.69, 9.17) is 4.74 Å². The van der Waals surface area contributed by atoms with Gasteiger partial charge in [-0.15, -0.1) is 0 Å². The summed E-state index contributed by atoms with van der Waals surface area (Å²) in [6.07, 6.45) is 3.70. The van der Waals surface area contributed by atoms with Gasteiger partial charge in [-0.2, -0.15) is 0 Å². The molecule has 0 heterocycles. The fourth-order valence-electron chi connectivity index (χ4n) is 1.34. The van der Waals surface area contributed by atoms with Gasteiger partial charge in [-0.1, -0.05) is 32.8 Å². The van der Waals surface area contributed by atoms with Crippen LogP contribution in [0.5, 0.6) is 0 Å². The number of hydrogen-bond donors (Lipinski definition) is 0. The molecule has 20 heavy (non-hydrogen) atoms. The Kier molecular flexibility index (Phi) is 10.00. The molecule has 0 saturated heterocycles. The zero-order valence-corrected chi connectivity index (χ0v) is 12.1. The second-order valence-corrected chi connectivity index (χ2v) is 4.21. The number of rotatable bonds is 10. The minimum atomic E-state index is -0.719. The van der Waals surface area contributed by atoms with Crippen molar-refractivity contribution in [2.24, 2.45) is 0 Å². The van der Waals surface area contributed by atoms with Crippen LogP contribution in [-0.2, 0) is 28.6 Å². The zero-order valence-electron chi connectivity index (χ0n) is 12.1. The Balaban J connectivity index is 3.70. The van der Waals surface area contributed by atoms with Gasteiger partial charge in [0.1, 0.15) is 0 Å². The topological polar surface area (TPSA) is 78.9 Å². The fraction of sp³-hybridized carbons (Fsp3) is 0.643. The Morgan fingerprint density at radius 3 is 2.30 bits per heavy atom. The predicted octanol–water partition coefficient (Wildman–Crippen LogP) is 1.77. The lowest BCUT2D eigenvalue weighted by Crippen LogP contribution is -2.18. The number of carbonyl (C=O) groups is 3. The van der Waals surface area contributed by atoms with Crippen LogP contribution >= 0.6 is 0 Å². The van der Waals surface area contributed by atoms with Crippen molar-refractivity contribution in [1.29, 1.82) is 0 Å². The van der Waals surface area contributed by atoms with Crippen LogP contribution in [0.15, 0.2) is 12.2 Å². The fourth-order valence-corrected chi connectivity index (χ4v) is 1.34. The van der Waals surface area contributed by atoms with E-state index in [0.717, 1.165) is 25.7 Å². The number of methoxy groups -OCH3 is 1. The number of hydrogen-bond acceptors (Lipinski definition) is 6. The maximum absolute atomic E-state index is 11.3. The molecular formula is C14H22O6. The Bertz CT molecular complexity index is 348. The SMILES string of the molecule is C=C(CC(=O)OCC(=O)OCCCCCC)C(=O)OC. The van der Waals surface area contributed by atoms with Crippen molar-refractivity contribution in [3.63, 3.8) is 0 Å². The smallest absolute Gasteiger partial charge is 0.344 e. The highest BCUT2D eigenvalue weighted by Crippen LogP contribution is 2.03. The lowest BCUT2D eigenvalue weighted by molar-refractivity contribution is -0.158. The van der Waals surface area contributed by atoms with Crippen LogP contribution in [0.3, 0.4) is 0 Å². The molecule has 0 aromatic carbocycles. The molecule has 6 heteroatoms. The second-order valence-electron chi connectivity index (χ2n) is 4.21. The van der Waals surface area contributed by atoms with Crippen molar-refractivity contribution in [3.05, 3.63) is 12.2 Å². The van der Waals surface area contributed by atoms with Crippen molar-refractivity contribution >= 4 is 17.9 Å². The first-order chi connectivity index (χ1) is 9.51. The molecule has 0 aliphatic carbocycles. The maximum atomic E-state index is 11.3. The monoisotopic (exact) mass is 286 g/mol. The molecule has 0 fully saturated rings. The molecular weight excluding hydrogens is 264 g/mol. The summed E-state index contributed by atoms with van der Waals surface area (Å²) < 4.78 is 13.9. The van der Waals surface area contributed by atoms with Crippen molar-refractivity contribution in [1.82, 2.24) is 0 Å². The Morgan fingerprint density at radius 2 is 1.70 bits per heavy atom. The second kappa shape index (κ2) is 11.0. The van der Waals surface area contributed by atoms with Gasteiger partial charge in [0.2, 0.25) is 0 Å². The molecule has 114 valence electrons. The Labute approximate surface area is 119 Å². The van der Waals surface area contributed by atoms with Crippen molar-refractivity contribution in [3.8, 4) is 0 Å². The third kappa shape index (κ3) is 9.13. The molecule has 0 amide bonds. The largest absolute Gasteiger partial charge is 0.466 e. The van der Waals surface area contributed by atoms with E-state index in [-0.39, 0.29) is 12.0 Å². The molecule has 0 rings (SSSR count). The van der Waals surface area contributed by atoms with Gasteiger partial charge in [-0.3, -0.25) is 4.79 Å². The summed E-state index contributed by atoms with van der Waals surface area (Å²) >= 11 is 0. The highest BCUT2D eigenvalue weighted by atomic mass is 16.6. The third-order valence-corrected chi connectivity index (χ3v) is 2.44. The standard InChI is InChI=1S/C14H22O6/c1-4-5-6-7-8-19-13(16)10-20-12(15)9-11(2)14(17)18-3/h2,4-10H2,1,3H3. The number of unbranched alkanes of at least 4 members (excludes halogenated alkanes) is 3. The highest BCUT2D eigenvalue weighted by molar-refractivity contribution is 5.93. The van der Waals surface area contributed by atoms with Crippen LogP contribution in [0.4, 0.5) is 0 Å². The summed E-state index contributed by atoms with van der Waals surface area (Å²) in [5.74, 6) is -2.00. The molecule has 0 aromatic rings. The van der Waals surface area contributed by atoms with Crippen LogP contribution in [0.25, 0.3) is 0 Å². The van der Waals surface area contributed by atoms with Gasteiger partial charge in [0.15, 0.2) is 6.61 Å². The maximum Gasteiger partial charge on any atom is 0.344 e. The van der Waals surface area contributed by atoms with Gasteiger partial charge < -0.3 is 14.2 Å². The number of carbonyl (C=O) groups excluding carboxylic acids is 3. The summed E-state index contributed by atoms with van der Waals surface area (Å²) in [5.41, 5.74) is -0.0227. The molecule has 0 aliphatic rings. The van der Waals surface area contributed by atoms with Gasteiger partial charge in [0, 0.05) is 5.57 Å². The van der Waals surface area contributed by atoms with E-state index >= 15 is 0 Å². The van der Waals surface area contributed by atoms with E-state index in [1.165, 1.54) is 7.11 Å². The van der Waals surface area contributed by atoms with E-state index in [9.17, 15) is 14.4 Å². The molecule has 0 N–H and O–H groups in total. The molecule has 0 saturated carbocycles. The van der Waals surface area contributed by atoms with E-state index in [0.29, 0.717) is 6.61 Å². The van der Waals surface area contributed by atoms with Crippen molar-refractivity contribution in [2.45, 2.75) is 39.0 Å². The first kappa shape index (κ1) is 18.1. The Hall–Kier alpha value is -1.85. The van der Waals surface area contributed by atoms with Crippen LogP contribution in [0, 0.1) is 0 Å². The van der Waals surface area contributed by atoms with E-state index in [2.05, 4.69) is 23.0 Å². The summed E-state index contributed by atoms with van der Waals surface area (Å²) in [7, 11) is 1.19. The lowest BCUT2D eigenvalue weighted by atomic mass is 10.2. The van der Waals surface area contributed by atoms with Gasteiger partial charge in [0.05, 0.1) is 20.1 Å². The molecule has 0 atom stereocenters. The van der Waals surface area contributed by atoms with Crippen LogP contribution in [0.1, 0.15) is 39.0 Å². The summed E-state index contributed by atoms with van der Waals surface area (Å²) in [6.45, 7) is 5.34. The summed E-state index contributed by atoms with van der Waals surface area (Å²) in [4.78, 5) is 33.5. The molecule has 0 aromatic heterocycles. The highest BCUT2D eigenvalue weighted by Gasteiger charge is 2.14. The van der Waals surface area contributed by atoms with Gasteiger partial charge in [-0.05, 0) is 6.42 Å². The average molecular weight is 286 g/mol. The normalized spacial score (nSPS) is 9.70. The Morgan fingerprint density at radius 1 is 1.00 bits per heavy atom.